The van der Waals surface area contributed by atoms with Crippen molar-refractivity contribution in [1.82, 2.24) is 14.9 Å². The van der Waals surface area contributed by atoms with E-state index in [1.807, 2.05) is 4.72 Å². The maximum absolute atomic E-state index is 14.8. The number of halogens is 1. The molecule has 9 heteroatoms. The normalized spacial score (nSPS) is 20.7. The lowest BCUT2D eigenvalue weighted by Crippen LogP contribution is -2.41. The Morgan fingerprint density at radius 3 is 2.82 bits per heavy atom. The summed E-state index contributed by atoms with van der Waals surface area (Å²) >= 11 is 0. The van der Waals surface area contributed by atoms with Crippen LogP contribution in [0.5, 0.6) is 5.75 Å². The van der Waals surface area contributed by atoms with Crippen molar-refractivity contribution in [2.75, 3.05) is 19.3 Å². The number of carbonyl (C=O) groups is 1. The molecule has 2 aromatic carbocycles. The van der Waals surface area contributed by atoms with E-state index in [2.05, 4.69) is 28.4 Å². The Hall–Kier alpha value is -2.49. The van der Waals surface area contributed by atoms with E-state index in [1.165, 1.54) is 28.8 Å². The fourth-order valence-corrected chi connectivity index (χ4v) is 5.46. The Balaban J connectivity index is 1.31. The lowest BCUT2D eigenvalue weighted by molar-refractivity contribution is 0.0831. The van der Waals surface area contributed by atoms with Crippen LogP contribution in [-0.4, -0.2) is 44.7 Å². The van der Waals surface area contributed by atoms with E-state index in [1.54, 1.807) is 0 Å². The van der Waals surface area contributed by atoms with Crippen LogP contribution in [0.3, 0.4) is 0 Å². The molecular formula is C25H30FN3O4S. The van der Waals surface area contributed by atoms with Gasteiger partial charge in [-0.1, -0.05) is 18.2 Å². The summed E-state index contributed by atoms with van der Waals surface area (Å²) in [6, 6.07) is 9.19. The summed E-state index contributed by atoms with van der Waals surface area (Å²) in [5.74, 6) is -1.06. The smallest absolute Gasteiger partial charge is 0.267 e. The number of piperidine rings is 1. The number of nitrogens with one attached hydrogen (secondary N) is 2. The second-order valence-corrected chi connectivity index (χ2v) is 11.4. The SMILES string of the molecule is CS(=O)(=O)NC(=O)c1cc(C2CC2)c(OC2CCCN(Cc3cccc4c3CNC4)C2)cc1F. The number of nitrogens with zero attached hydrogens (tertiary/aromatic N) is 1. The van der Waals surface area contributed by atoms with Crippen LogP contribution in [0.25, 0.3) is 0 Å². The Bertz CT molecular complexity index is 1210. The molecule has 1 amide bonds. The summed E-state index contributed by atoms with van der Waals surface area (Å²) < 4.78 is 45.9. The van der Waals surface area contributed by atoms with Gasteiger partial charge in [-0.15, -0.1) is 0 Å². The maximum atomic E-state index is 14.8. The number of hydrogen-bond acceptors (Lipinski definition) is 6. The van der Waals surface area contributed by atoms with E-state index in [4.69, 9.17) is 4.74 Å². The van der Waals surface area contributed by atoms with E-state index in [0.29, 0.717) is 5.75 Å². The number of likely N-dealkylation sites (tertiary alicyclic amines) is 1. The third-order valence-electron chi connectivity index (χ3n) is 6.78. The van der Waals surface area contributed by atoms with Gasteiger partial charge in [0.1, 0.15) is 17.7 Å². The van der Waals surface area contributed by atoms with E-state index >= 15 is 0 Å². The quantitative estimate of drug-likeness (QED) is 0.624. The van der Waals surface area contributed by atoms with Gasteiger partial charge in [-0.2, -0.15) is 0 Å². The first-order valence-corrected chi connectivity index (χ1v) is 13.7. The maximum Gasteiger partial charge on any atom is 0.267 e. The third kappa shape index (κ3) is 5.26. The minimum absolute atomic E-state index is 0.0729. The second-order valence-electron chi connectivity index (χ2n) is 9.62. The van der Waals surface area contributed by atoms with Crippen LogP contribution < -0.4 is 14.8 Å². The number of carbonyl (C=O) groups excluding carboxylic acids is 1. The van der Waals surface area contributed by atoms with E-state index in [9.17, 15) is 17.6 Å². The second kappa shape index (κ2) is 9.28. The molecule has 5 rings (SSSR count). The minimum atomic E-state index is -3.78. The van der Waals surface area contributed by atoms with Gasteiger partial charge in [0, 0.05) is 32.2 Å². The van der Waals surface area contributed by atoms with Crippen molar-refractivity contribution in [3.05, 3.63) is 64.0 Å². The summed E-state index contributed by atoms with van der Waals surface area (Å²) in [6.45, 7) is 4.43. The highest BCUT2D eigenvalue weighted by atomic mass is 32.2. The van der Waals surface area contributed by atoms with Crippen molar-refractivity contribution in [2.45, 2.75) is 57.3 Å². The monoisotopic (exact) mass is 487 g/mol. The number of amides is 1. The molecule has 0 bridgehead atoms. The van der Waals surface area contributed by atoms with E-state index in [-0.39, 0.29) is 17.6 Å². The number of hydrogen-bond donors (Lipinski definition) is 2. The van der Waals surface area contributed by atoms with Gasteiger partial charge in [-0.05, 0) is 66.5 Å². The van der Waals surface area contributed by atoms with Gasteiger partial charge in [-0.3, -0.25) is 9.69 Å². The molecule has 34 heavy (non-hydrogen) atoms. The predicted molar refractivity (Wildman–Crippen MR) is 127 cm³/mol. The van der Waals surface area contributed by atoms with Crippen LogP contribution in [-0.2, 0) is 29.7 Å². The van der Waals surface area contributed by atoms with Gasteiger partial charge in [0.05, 0.1) is 11.8 Å². The van der Waals surface area contributed by atoms with Gasteiger partial charge in [0.25, 0.3) is 5.91 Å². The Morgan fingerprint density at radius 1 is 1.24 bits per heavy atom. The fraction of sp³-hybridized carbons (Fsp3) is 0.480. The summed E-state index contributed by atoms with van der Waals surface area (Å²) in [6.07, 6.45) is 4.56. The van der Waals surface area contributed by atoms with Crippen LogP contribution >= 0.6 is 0 Å². The van der Waals surface area contributed by atoms with Gasteiger partial charge in [0.2, 0.25) is 10.0 Å². The highest BCUT2D eigenvalue weighted by molar-refractivity contribution is 7.89. The molecule has 3 aliphatic rings. The molecule has 2 aromatic rings. The Kier molecular flexibility index (Phi) is 6.35. The van der Waals surface area contributed by atoms with Crippen LogP contribution in [0.2, 0.25) is 0 Å². The van der Waals surface area contributed by atoms with Crippen molar-refractivity contribution in [2.24, 2.45) is 0 Å². The van der Waals surface area contributed by atoms with Gasteiger partial charge >= 0.3 is 0 Å². The first-order valence-electron chi connectivity index (χ1n) is 11.8. The van der Waals surface area contributed by atoms with Crippen LogP contribution in [0.15, 0.2) is 30.3 Å². The first-order chi connectivity index (χ1) is 16.3. The molecule has 1 saturated carbocycles. The average molecular weight is 488 g/mol. The van der Waals surface area contributed by atoms with Gasteiger partial charge in [-0.25, -0.2) is 17.5 Å². The predicted octanol–water partition coefficient (Wildman–Crippen LogP) is 3.04. The highest BCUT2D eigenvalue weighted by Gasteiger charge is 2.31. The third-order valence-corrected chi connectivity index (χ3v) is 7.33. The summed E-state index contributed by atoms with van der Waals surface area (Å²) in [4.78, 5) is 14.7. The topological polar surface area (TPSA) is 87.7 Å². The molecule has 2 aliphatic heterocycles. The molecule has 0 radical (unpaired) electrons. The van der Waals surface area contributed by atoms with Crippen molar-refractivity contribution < 1.29 is 22.3 Å². The van der Waals surface area contributed by atoms with Gasteiger partial charge in [0.15, 0.2) is 0 Å². The van der Waals surface area contributed by atoms with Crippen molar-refractivity contribution in [3.8, 4) is 5.75 Å². The molecule has 1 unspecified atom stereocenters. The number of benzene rings is 2. The van der Waals surface area contributed by atoms with Crippen molar-refractivity contribution >= 4 is 15.9 Å². The number of rotatable bonds is 7. The van der Waals surface area contributed by atoms with E-state index < -0.39 is 21.7 Å². The summed E-state index contributed by atoms with van der Waals surface area (Å²) in [5.41, 5.74) is 4.62. The zero-order chi connectivity index (χ0) is 23.9. The fourth-order valence-electron chi connectivity index (χ4n) is 5.01. The summed E-state index contributed by atoms with van der Waals surface area (Å²) in [7, 11) is -3.78. The molecule has 1 aliphatic carbocycles. The molecule has 0 spiro atoms. The molecule has 2 N–H and O–H groups in total. The average Bonchev–Trinajstić information content (AvgIpc) is 3.49. The zero-order valence-electron chi connectivity index (χ0n) is 19.3. The molecular weight excluding hydrogens is 457 g/mol. The molecule has 182 valence electrons. The van der Waals surface area contributed by atoms with Crippen LogP contribution in [0, 0.1) is 5.82 Å². The lowest BCUT2D eigenvalue weighted by atomic mass is 10.0. The standard InChI is InChI=1S/C25H30FN3O4S/c1-34(31,32)28-25(30)21-10-20(16-7-8-16)24(11-23(21)26)33-19-6-3-9-29(15-19)14-18-5-2-4-17-12-27-13-22(17)18/h2,4-5,10-11,16,19,27H,3,6-9,12-15H2,1H3,(H,28,30). The largest absolute Gasteiger partial charge is 0.489 e. The van der Waals surface area contributed by atoms with Crippen molar-refractivity contribution in [3.63, 3.8) is 0 Å². The number of sulfonamides is 1. The van der Waals surface area contributed by atoms with Crippen molar-refractivity contribution in [1.29, 1.82) is 0 Å². The number of fused-ring (bicyclic) bond motifs is 1. The molecule has 2 heterocycles. The van der Waals surface area contributed by atoms with Crippen LogP contribution in [0.1, 0.15) is 64.2 Å². The molecule has 1 saturated heterocycles. The first kappa shape index (κ1) is 23.3. The minimum Gasteiger partial charge on any atom is -0.489 e. The molecule has 7 nitrogen and oxygen atoms in total. The Labute approximate surface area is 199 Å². The molecule has 1 atom stereocenters. The molecule has 2 fully saturated rings. The van der Waals surface area contributed by atoms with Gasteiger partial charge < -0.3 is 10.1 Å². The molecule has 0 aromatic heterocycles. The van der Waals surface area contributed by atoms with E-state index in [0.717, 1.165) is 70.2 Å². The zero-order valence-corrected chi connectivity index (χ0v) is 20.1. The highest BCUT2D eigenvalue weighted by Crippen LogP contribution is 2.45. The Morgan fingerprint density at radius 2 is 2.06 bits per heavy atom. The lowest BCUT2D eigenvalue weighted by Gasteiger charge is -2.33. The summed E-state index contributed by atoms with van der Waals surface area (Å²) in [5, 5.41) is 3.42. The number of ether oxygens (including phenoxy) is 1. The van der Waals surface area contributed by atoms with Crippen LogP contribution in [0.4, 0.5) is 4.39 Å².